The topological polar surface area (TPSA) is 52.9 Å². The molecule has 4 heteroatoms. The van der Waals surface area contributed by atoms with Crippen molar-refractivity contribution in [3.63, 3.8) is 0 Å². The molecule has 1 aliphatic carbocycles. The second-order valence-electron chi connectivity index (χ2n) is 7.43. The maximum atomic E-state index is 10.9. The average Bonchev–Trinajstić information content (AvgIpc) is 2.57. The number of ether oxygens (including phenoxy) is 1. The summed E-state index contributed by atoms with van der Waals surface area (Å²) >= 11 is 0. The molecule has 24 heavy (non-hydrogen) atoms. The van der Waals surface area contributed by atoms with Crippen LogP contribution in [-0.2, 0) is 4.74 Å². The van der Waals surface area contributed by atoms with Gasteiger partial charge in [-0.15, -0.1) is 0 Å². The van der Waals surface area contributed by atoms with Gasteiger partial charge in [0.15, 0.2) is 0 Å². The first-order valence-corrected chi connectivity index (χ1v) is 9.49. The minimum atomic E-state index is -1.12. The summed E-state index contributed by atoms with van der Waals surface area (Å²) in [5, 5.41) is 21.4. The lowest BCUT2D eigenvalue weighted by atomic mass is 9.89. The van der Waals surface area contributed by atoms with Crippen molar-refractivity contribution < 1.29 is 14.9 Å². The third-order valence-corrected chi connectivity index (χ3v) is 5.57. The van der Waals surface area contributed by atoms with Gasteiger partial charge in [0.2, 0.25) is 0 Å². The second-order valence-corrected chi connectivity index (χ2v) is 7.43. The number of hydrogen-bond donors (Lipinski definition) is 2. The molecule has 0 radical (unpaired) electrons. The largest absolute Gasteiger partial charge is 0.388 e. The van der Waals surface area contributed by atoms with Crippen LogP contribution in [0.25, 0.3) is 0 Å². The summed E-state index contributed by atoms with van der Waals surface area (Å²) in [7, 11) is 0. The summed E-state index contributed by atoms with van der Waals surface area (Å²) in [6.07, 6.45) is 8.53. The van der Waals surface area contributed by atoms with Gasteiger partial charge in [0.05, 0.1) is 12.7 Å². The van der Waals surface area contributed by atoms with Crippen molar-refractivity contribution in [2.75, 3.05) is 24.6 Å². The molecule has 0 amide bonds. The number of para-hydroxylation sites is 1. The number of benzene rings is 1. The number of hydrogen-bond acceptors (Lipinski definition) is 4. The standard InChI is InChI=1S/C20H31NO3/c22-19-15-21(17-9-5-4-6-10-17)14-13-20(19,23)16-24-18-11-7-2-1-3-8-12-18/h4-6,9-10,18-19,22-23H,1-3,7-8,11-16H2. The maximum absolute atomic E-state index is 10.9. The average molecular weight is 333 g/mol. The normalized spacial score (nSPS) is 29.9. The maximum Gasteiger partial charge on any atom is 0.117 e. The van der Waals surface area contributed by atoms with Gasteiger partial charge in [0.1, 0.15) is 11.7 Å². The molecule has 1 heterocycles. The van der Waals surface area contributed by atoms with Crippen molar-refractivity contribution in [1.82, 2.24) is 0 Å². The highest BCUT2D eigenvalue weighted by Gasteiger charge is 2.41. The zero-order valence-corrected chi connectivity index (χ0v) is 14.6. The molecular weight excluding hydrogens is 302 g/mol. The van der Waals surface area contributed by atoms with Crippen LogP contribution in [0.4, 0.5) is 5.69 Å². The highest BCUT2D eigenvalue weighted by atomic mass is 16.5. The Hall–Kier alpha value is -1.10. The fraction of sp³-hybridized carbons (Fsp3) is 0.700. The second kappa shape index (κ2) is 8.32. The highest BCUT2D eigenvalue weighted by Crippen LogP contribution is 2.28. The Morgan fingerprint density at radius 3 is 2.38 bits per heavy atom. The van der Waals surface area contributed by atoms with Gasteiger partial charge in [0.25, 0.3) is 0 Å². The van der Waals surface area contributed by atoms with Gasteiger partial charge in [-0.05, 0) is 31.4 Å². The highest BCUT2D eigenvalue weighted by molar-refractivity contribution is 5.46. The predicted molar refractivity (Wildman–Crippen MR) is 96.3 cm³/mol. The summed E-state index contributed by atoms with van der Waals surface area (Å²) in [5.41, 5.74) is -0.0206. The third-order valence-electron chi connectivity index (χ3n) is 5.57. The number of piperidine rings is 1. The molecular formula is C20H31NO3. The Morgan fingerprint density at radius 1 is 1.04 bits per heavy atom. The van der Waals surface area contributed by atoms with Crippen molar-refractivity contribution in [2.45, 2.75) is 69.2 Å². The number of aliphatic hydroxyl groups is 2. The molecule has 1 saturated carbocycles. The number of rotatable bonds is 4. The van der Waals surface area contributed by atoms with Crippen LogP contribution < -0.4 is 4.90 Å². The van der Waals surface area contributed by atoms with E-state index >= 15 is 0 Å². The van der Waals surface area contributed by atoms with Gasteiger partial charge in [0, 0.05) is 18.8 Å². The molecule has 1 aliphatic heterocycles. The van der Waals surface area contributed by atoms with Gasteiger partial charge in [-0.2, -0.15) is 0 Å². The van der Waals surface area contributed by atoms with Crippen LogP contribution in [0.5, 0.6) is 0 Å². The first kappa shape index (κ1) is 17.7. The van der Waals surface area contributed by atoms with Gasteiger partial charge in [-0.25, -0.2) is 0 Å². The van der Waals surface area contributed by atoms with E-state index in [0.29, 0.717) is 13.0 Å². The van der Waals surface area contributed by atoms with Crippen LogP contribution in [0.2, 0.25) is 0 Å². The van der Waals surface area contributed by atoms with Crippen molar-refractivity contribution in [3.05, 3.63) is 30.3 Å². The molecule has 1 aromatic rings. The van der Waals surface area contributed by atoms with Crippen LogP contribution >= 0.6 is 0 Å². The van der Waals surface area contributed by atoms with E-state index in [-0.39, 0.29) is 12.7 Å². The Morgan fingerprint density at radius 2 is 1.71 bits per heavy atom. The first-order valence-electron chi connectivity index (χ1n) is 9.49. The van der Waals surface area contributed by atoms with Crippen molar-refractivity contribution in [1.29, 1.82) is 0 Å². The molecule has 0 aromatic heterocycles. The van der Waals surface area contributed by atoms with Crippen LogP contribution in [0.1, 0.15) is 51.4 Å². The number of anilines is 1. The van der Waals surface area contributed by atoms with E-state index in [0.717, 1.165) is 25.1 Å². The fourth-order valence-electron chi connectivity index (χ4n) is 3.85. The minimum Gasteiger partial charge on any atom is -0.388 e. The molecule has 2 atom stereocenters. The summed E-state index contributed by atoms with van der Waals surface area (Å²) < 4.78 is 6.04. The number of β-amino-alcohol motifs (C(OH)–C–C–N with tert-alkyl or cyclic N) is 1. The molecule has 1 saturated heterocycles. The van der Waals surface area contributed by atoms with Crippen LogP contribution in [-0.4, -0.2) is 47.7 Å². The molecule has 1 aromatic carbocycles. The molecule has 0 spiro atoms. The van der Waals surface area contributed by atoms with E-state index < -0.39 is 11.7 Å². The molecule has 134 valence electrons. The number of aliphatic hydroxyl groups excluding tert-OH is 1. The Bertz CT molecular complexity index is 487. The molecule has 2 fully saturated rings. The fourth-order valence-corrected chi connectivity index (χ4v) is 3.85. The van der Waals surface area contributed by atoms with Crippen molar-refractivity contribution in [3.8, 4) is 0 Å². The van der Waals surface area contributed by atoms with Gasteiger partial charge in [-0.1, -0.05) is 50.3 Å². The first-order chi connectivity index (χ1) is 11.7. The van der Waals surface area contributed by atoms with E-state index in [2.05, 4.69) is 4.90 Å². The van der Waals surface area contributed by atoms with E-state index in [1.54, 1.807) is 0 Å². The summed E-state index contributed by atoms with van der Waals surface area (Å²) in [6, 6.07) is 10.1. The Kier molecular flexibility index (Phi) is 6.14. The molecule has 4 nitrogen and oxygen atoms in total. The van der Waals surface area contributed by atoms with Gasteiger partial charge in [-0.3, -0.25) is 0 Å². The lowest BCUT2D eigenvalue weighted by Gasteiger charge is -2.43. The smallest absolute Gasteiger partial charge is 0.117 e. The van der Waals surface area contributed by atoms with Crippen LogP contribution in [0, 0.1) is 0 Å². The molecule has 0 bridgehead atoms. The monoisotopic (exact) mass is 333 g/mol. The summed E-state index contributed by atoms with van der Waals surface area (Å²) in [4.78, 5) is 2.13. The summed E-state index contributed by atoms with van der Waals surface area (Å²) in [5.74, 6) is 0. The minimum absolute atomic E-state index is 0.244. The Labute approximate surface area is 145 Å². The SMILES string of the molecule is OC1CN(c2ccccc2)CCC1(O)COC1CCCCCCC1. The van der Waals surface area contributed by atoms with E-state index in [9.17, 15) is 10.2 Å². The molecule has 2 N–H and O–H groups in total. The Balaban J connectivity index is 1.52. The van der Waals surface area contributed by atoms with Gasteiger partial charge >= 0.3 is 0 Å². The third kappa shape index (κ3) is 4.50. The summed E-state index contributed by atoms with van der Waals surface area (Å²) in [6.45, 7) is 1.45. The van der Waals surface area contributed by atoms with Crippen LogP contribution in [0.3, 0.4) is 0 Å². The lowest BCUT2D eigenvalue weighted by molar-refractivity contribution is -0.144. The lowest BCUT2D eigenvalue weighted by Crippen LogP contribution is -2.58. The van der Waals surface area contributed by atoms with E-state index in [1.807, 2.05) is 30.3 Å². The quantitative estimate of drug-likeness (QED) is 0.889. The zero-order chi connectivity index (χ0) is 16.8. The predicted octanol–water partition coefficient (Wildman–Crippen LogP) is 3.12. The molecule has 2 unspecified atom stereocenters. The van der Waals surface area contributed by atoms with E-state index in [4.69, 9.17) is 4.74 Å². The van der Waals surface area contributed by atoms with Crippen LogP contribution in [0.15, 0.2) is 30.3 Å². The van der Waals surface area contributed by atoms with Gasteiger partial charge < -0.3 is 19.8 Å². The van der Waals surface area contributed by atoms with Crippen molar-refractivity contribution in [2.24, 2.45) is 0 Å². The number of nitrogens with zero attached hydrogens (tertiary/aromatic N) is 1. The van der Waals surface area contributed by atoms with E-state index in [1.165, 1.54) is 32.1 Å². The molecule has 2 aliphatic rings. The van der Waals surface area contributed by atoms with Crippen molar-refractivity contribution >= 4 is 5.69 Å². The zero-order valence-electron chi connectivity index (χ0n) is 14.6. The molecule has 3 rings (SSSR count).